The zero-order valence-electron chi connectivity index (χ0n) is 4.98. The first kappa shape index (κ1) is 16.0. The van der Waals surface area contributed by atoms with Crippen LogP contribution >= 0.6 is 0 Å². The lowest BCUT2D eigenvalue weighted by Gasteiger charge is -1.61. The minimum atomic E-state index is 1.62. The smallest absolute Gasteiger partial charge is 0.0351 e. The van der Waals surface area contributed by atoms with Crippen molar-refractivity contribution >= 4 is 0 Å². The quantitative estimate of drug-likeness (QED) is 0.257. The van der Waals surface area contributed by atoms with Crippen molar-refractivity contribution in [2.75, 3.05) is 14.2 Å². The predicted molar refractivity (Wildman–Crippen MR) is 32.6 cm³/mol. The van der Waals surface area contributed by atoms with E-state index in [0.29, 0.717) is 0 Å². The summed E-state index contributed by atoms with van der Waals surface area (Å²) < 4.78 is 4.25. The van der Waals surface area contributed by atoms with E-state index in [1.807, 2.05) is 0 Å². The van der Waals surface area contributed by atoms with E-state index < -0.39 is 0 Å². The van der Waals surface area contributed by atoms with Gasteiger partial charge in [0.2, 0.25) is 0 Å². The average Bonchev–Trinajstić information content (AvgIpc) is 1.78. The SMILES string of the molecule is C=C.COC.NN. The van der Waals surface area contributed by atoms with Gasteiger partial charge in [-0.05, 0) is 0 Å². The van der Waals surface area contributed by atoms with E-state index >= 15 is 0 Å². The number of hydrogen-bond donors (Lipinski definition) is 2. The highest BCUT2D eigenvalue weighted by atomic mass is 16.4. The van der Waals surface area contributed by atoms with Crippen molar-refractivity contribution in [3.63, 3.8) is 0 Å². The van der Waals surface area contributed by atoms with Crippen molar-refractivity contribution in [1.29, 1.82) is 0 Å². The number of hydrazine groups is 1. The van der Waals surface area contributed by atoms with Crippen LogP contribution in [0.4, 0.5) is 0 Å². The lowest BCUT2D eigenvalue weighted by molar-refractivity contribution is 0.277. The molecule has 0 aliphatic heterocycles. The highest BCUT2D eigenvalue weighted by Crippen LogP contribution is 1.28. The van der Waals surface area contributed by atoms with E-state index in [1.165, 1.54) is 0 Å². The molecule has 0 rings (SSSR count). The molecule has 3 nitrogen and oxygen atoms in total. The summed E-state index contributed by atoms with van der Waals surface area (Å²) in [5.41, 5.74) is 0. The van der Waals surface area contributed by atoms with Gasteiger partial charge < -0.3 is 4.74 Å². The number of rotatable bonds is 0. The molecule has 0 aromatic heterocycles. The molecule has 7 heavy (non-hydrogen) atoms. The van der Waals surface area contributed by atoms with E-state index in [1.54, 1.807) is 14.2 Å². The molecule has 0 aromatic carbocycles. The third-order valence-corrected chi connectivity index (χ3v) is 0. The Labute approximate surface area is 44.9 Å². The molecule has 4 N–H and O–H groups in total. The van der Waals surface area contributed by atoms with Crippen molar-refractivity contribution in [2.24, 2.45) is 11.7 Å². The first-order chi connectivity index (χ1) is 3.41. The summed E-state index contributed by atoms with van der Waals surface area (Å²) in [7, 11) is 3.25. The van der Waals surface area contributed by atoms with E-state index in [0.717, 1.165) is 0 Å². The van der Waals surface area contributed by atoms with Crippen LogP contribution in [-0.4, -0.2) is 14.2 Å². The van der Waals surface area contributed by atoms with Crippen molar-refractivity contribution in [1.82, 2.24) is 0 Å². The molecule has 0 radical (unpaired) electrons. The van der Waals surface area contributed by atoms with Gasteiger partial charge in [0.05, 0.1) is 0 Å². The van der Waals surface area contributed by atoms with E-state index in [-0.39, 0.29) is 0 Å². The van der Waals surface area contributed by atoms with Crippen molar-refractivity contribution in [3.8, 4) is 0 Å². The second kappa shape index (κ2) is 312. The fraction of sp³-hybridized carbons (Fsp3) is 0.500. The van der Waals surface area contributed by atoms with Crippen LogP contribution in [0.2, 0.25) is 0 Å². The van der Waals surface area contributed by atoms with Gasteiger partial charge in [0, 0.05) is 14.2 Å². The fourth-order valence-electron chi connectivity index (χ4n) is 0. The molecule has 46 valence electrons. The third-order valence-electron chi connectivity index (χ3n) is 0. The number of hydrogen-bond acceptors (Lipinski definition) is 3. The van der Waals surface area contributed by atoms with Gasteiger partial charge in [0.15, 0.2) is 0 Å². The van der Waals surface area contributed by atoms with Gasteiger partial charge in [-0.3, -0.25) is 11.7 Å². The second-order valence-corrected chi connectivity index (χ2v) is 0.408. The molecule has 0 saturated heterocycles. The maximum Gasteiger partial charge on any atom is 0.0351 e. The van der Waals surface area contributed by atoms with E-state index in [4.69, 9.17) is 0 Å². The topological polar surface area (TPSA) is 61.3 Å². The van der Waals surface area contributed by atoms with Crippen LogP contribution in [0.1, 0.15) is 0 Å². The molecule has 0 spiro atoms. The van der Waals surface area contributed by atoms with Crippen molar-refractivity contribution in [3.05, 3.63) is 13.2 Å². The summed E-state index contributed by atoms with van der Waals surface area (Å²) in [6.45, 7) is 6.00. The summed E-state index contributed by atoms with van der Waals surface area (Å²) in [4.78, 5) is 0. The Morgan fingerprint density at radius 1 is 1.14 bits per heavy atom. The van der Waals surface area contributed by atoms with Gasteiger partial charge in [-0.1, -0.05) is 0 Å². The molecule has 0 aromatic rings. The second-order valence-electron chi connectivity index (χ2n) is 0.408. The zero-order valence-corrected chi connectivity index (χ0v) is 4.98. The first-order valence-electron chi connectivity index (χ1n) is 1.65. The monoisotopic (exact) mass is 106 g/mol. The van der Waals surface area contributed by atoms with Crippen LogP contribution in [-0.2, 0) is 4.74 Å². The Kier molecular flexibility index (Phi) is 711. The summed E-state index contributed by atoms with van der Waals surface area (Å²) in [6, 6.07) is 0. The predicted octanol–water partition coefficient (Wildman–Crippen LogP) is -0.116. The minimum absolute atomic E-state index is 1.62. The molecular weight excluding hydrogens is 92.1 g/mol. The van der Waals surface area contributed by atoms with Crippen molar-refractivity contribution in [2.45, 2.75) is 0 Å². The average molecular weight is 106 g/mol. The van der Waals surface area contributed by atoms with Gasteiger partial charge in [-0.2, -0.15) is 0 Å². The van der Waals surface area contributed by atoms with Gasteiger partial charge in [0.25, 0.3) is 0 Å². The number of methoxy groups -OCH3 is 1. The summed E-state index contributed by atoms with van der Waals surface area (Å²) in [5.74, 6) is 8.00. The molecule has 0 aliphatic carbocycles. The molecule has 0 unspecified atom stereocenters. The van der Waals surface area contributed by atoms with Crippen LogP contribution in [0.5, 0.6) is 0 Å². The van der Waals surface area contributed by atoms with E-state index in [2.05, 4.69) is 29.6 Å². The summed E-state index contributed by atoms with van der Waals surface area (Å²) >= 11 is 0. The molecule has 3 heteroatoms. The van der Waals surface area contributed by atoms with Gasteiger partial charge in [-0.15, -0.1) is 13.2 Å². The van der Waals surface area contributed by atoms with Gasteiger partial charge >= 0.3 is 0 Å². The van der Waals surface area contributed by atoms with E-state index in [9.17, 15) is 0 Å². The molecule has 0 saturated carbocycles. The van der Waals surface area contributed by atoms with Crippen molar-refractivity contribution < 1.29 is 4.74 Å². The minimum Gasteiger partial charge on any atom is -0.388 e. The maximum absolute atomic E-state index is 4.25. The summed E-state index contributed by atoms with van der Waals surface area (Å²) in [6.07, 6.45) is 0. The molecule has 0 amide bonds. The normalized spacial score (nSPS) is 4.00. The van der Waals surface area contributed by atoms with Gasteiger partial charge in [-0.25, -0.2) is 0 Å². The Morgan fingerprint density at radius 3 is 1.14 bits per heavy atom. The summed E-state index contributed by atoms with van der Waals surface area (Å²) in [5, 5.41) is 0. The van der Waals surface area contributed by atoms with Crippen LogP contribution in [0.25, 0.3) is 0 Å². The van der Waals surface area contributed by atoms with Crippen LogP contribution in [0, 0.1) is 0 Å². The first-order valence-corrected chi connectivity index (χ1v) is 1.65. The zero-order chi connectivity index (χ0) is 6.71. The molecule has 0 heterocycles. The largest absolute Gasteiger partial charge is 0.388 e. The highest BCUT2D eigenvalue weighted by molar-refractivity contribution is 4.22. The Hall–Kier alpha value is -0.380. The van der Waals surface area contributed by atoms with Crippen LogP contribution in [0.15, 0.2) is 13.2 Å². The third kappa shape index (κ3) is 510. The standard InChI is InChI=1S/C2H6O.C2H4.H4N2/c1-3-2;2*1-2/h1-2H3;2*1-2H2. The Balaban J connectivity index is -0.0000000360. The molecule has 0 bridgehead atoms. The maximum atomic E-state index is 4.25. The van der Waals surface area contributed by atoms with Gasteiger partial charge in [0.1, 0.15) is 0 Å². The number of nitrogens with two attached hydrogens (primary N) is 2. The Morgan fingerprint density at radius 2 is 1.14 bits per heavy atom. The fourth-order valence-corrected chi connectivity index (χ4v) is 0. The molecule has 0 atom stereocenters. The lowest BCUT2D eigenvalue weighted by atomic mass is 11.3. The van der Waals surface area contributed by atoms with Crippen LogP contribution < -0.4 is 11.7 Å². The lowest BCUT2D eigenvalue weighted by Crippen LogP contribution is -2.02. The Bertz CT molecular complexity index is 13.7. The highest BCUT2D eigenvalue weighted by Gasteiger charge is 1.25. The van der Waals surface area contributed by atoms with Crippen LogP contribution in [0.3, 0.4) is 0 Å². The molecule has 0 aliphatic rings. The number of ether oxygens (including phenoxy) is 1. The molecule has 0 fully saturated rings. The molecular formula is C4H14N2O.